The Morgan fingerprint density at radius 2 is 1.68 bits per heavy atom. The van der Waals surface area contributed by atoms with Crippen LogP contribution in [-0.2, 0) is 20.9 Å². The number of piperidine rings is 3. The number of pyridine rings is 1. The Hall–Kier alpha value is -2.88. The van der Waals surface area contributed by atoms with E-state index >= 15 is 0 Å². The second kappa shape index (κ2) is 14.5. The smallest absolute Gasteiger partial charge is 0.250 e. The third-order valence-corrected chi connectivity index (χ3v) is 10.0. The molecule has 0 aliphatic carbocycles. The molecule has 1 aromatic heterocycles. The van der Waals surface area contributed by atoms with Crippen LogP contribution in [0.25, 0.3) is 0 Å². The number of likely N-dealkylation sites (tertiary alicyclic amines) is 3. The van der Waals surface area contributed by atoms with E-state index in [-0.39, 0.29) is 50.3 Å². The number of hydrogen-bond donors (Lipinski definition) is 0. The first-order valence-corrected chi connectivity index (χ1v) is 16.1. The number of nitriles is 1. The number of hydrogen-bond acceptors (Lipinski definition) is 8. The second-order valence-electron chi connectivity index (χ2n) is 12.9. The first-order valence-electron chi connectivity index (χ1n) is 16.1. The summed E-state index contributed by atoms with van der Waals surface area (Å²) in [7, 11) is 1.54. The second-order valence-corrected chi connectivity index (χ2v) is 12.9. The summed E-state index contributed by atoms with van der Waals surface area (Å²) in [6, 6.07) is 5.92. The number of amides is 2. The summed E-state index contributed by atoms with van der Waals surface area (Å²) in [4.78, 5) is 39.6. The summed E-state index contributed by atoms with van der Waals surface area (Å²) in [5, 5.41) is 10.2. The molecule has 0 N–H and O–H groups in total. The third kappa shape index (κ3) is 8.03. The van der Waals surface area contributed by atoms with Crippen LogP contribution in [0.5, 0.6) is 5.88 Å². The summed E-state index contributed by atoms with van der Waals surface area (Å²) < 4.78 is 38.1. The lowest BCUT2D eigenvalue weighted by Crippen LogP contribution is -2.55. The van der Waals surface area contributed by atoms with Crippen molar-refractivity contribution in [3.8, 4) is 11.9 Å². The highest BCUT2D eigenvalue weighted by molar-refractivity contribution is 5.86. The Balaban J connectivity index is 1.19. The summed E-state index contributed by atoms with van der Waals surface area (Å²) >= 11 is 0. The van der Waals surface area contributed by atoms with Crippen LogP contribution in [0.1, 0.15) is 56.9 Å². The molecule has 10 nitrogen and oxygen atoms in total. The van der Waals surface area contributed by atoms with Crippen LogP contribution >= 0.6 is 0 Å². The number of alkyl halides is 2. The number of rotatable bonds is 9. The number of halogens is 2. The molecule has 0 spiro atoms. The molecule has 0 bridgehead atoms. The standard InChI is InChI=1S/C32H46F2N6O4/c1-43-28-3-2-26(20-36-28)22-40(29(41)23-38-16-10-32(33,34)11-17-38)27-4-12-39(13-5-27)30(42)31(24-35)8-14-37(15-9-31)21-25-6-18-44-19-7-25/h2-3,20,25,27H,4-19,21-23H2,1H3. The molecule has 0 saturated carbocycles. The van der Waals surface area contributed by atoms with Gasteiger partial charge in [-0.15, -0.1) is 0 Å². The fourth-order valence-electron chi connectivity index (χ4n) is 7.03. The number of aromatic nitrogens is 1. The van der Waals surface area contributed by atoms with Gasteiger partial charge in [-0.25, -0.2) is 13.8 Å². The molecule has 2 amide bonds. The normalized spacial score (nSPS) is 23.5. The highest BCUT2D eigenvalue weighted by Crippen LogP contribution is 2.35. The van der Waals surface area contributed by atoms with Gasteiger partial charge in [0.25, 0.3) is 5.92 Å². The van der Waals surface area contributed by atoms with Gasteiger partial charge in [0.1, 0.15) is 5.41 Å². The average molecular weight is 617 g/mol. The Bertz CT molecular complexity index is 1150. The van der Waals surface area contributed by atoms with E-state index in [0.717, 1.165) is 51.3 Å². The van der Waals surface area contributed by atoms with Gasteiger partial charge in [-0.1, -0.05) is 6.07 Å². The molecule has 0 atom stereocenters. The Labute approximate surface area is 259 Å². The van der Waals surface area contributed by atoms with E-state index in [2.05, 4.69) is 16.0 Å². The van der Waals surface area contributed by atoms with E-state index in [1.807, 2.05) is 20.8 Å². The lowest BCUT2D eigenvalue weighted by Gasteiger charge is -2.43. The molecule has 44 heavy (non-hydrogen) atoms. The van der Waals surface area contributed by atoms with Gasteiger partial charge in [0.15, 0.2) is 0 Å². The predicted molar refractivity (Wildman–Crippen MR) is 159 cm³/mol. The largest absolute Gasteiger partial charge is 0.481 e. The minimum Gasteiger partial charge on any atom is -0.481 e. The number of nitrogens with zero attached hydrogens (tertiary/aromatic N) is 6. The van der Waals surface area contributed by atoms with E-state index in [4.69, 9.17) is 9.47 Å². The molecule has 4 aliphatic heterocycles. The monoisotopic (exact) mass is 616 g/mol. The molecule has 4 fully saturated rings. The molecule has 1 aromatic rings. The summed E-state index contributed by atoms with van der Waals surface area (Å²) in [5.41, 5.74) is -0.154. The van der Waals surface area contributed by atoms with Crippen molar-refractivity contribution in [2.24, 2.45) is 11.3 Å². The van der Waals surface area contributed by atoms with E-state index in [1.54, 1.807) is 19.4 Å². The summed E-state index contributed by atoms with van der Waals surface area (Å²) in [6.07, 6.45) is 5.60. The molecule has 242 valence electrons. The van der Waals surface area contributed by atoms with Crippen LogP contribution in [0.3, 0.4) is 0 Å². The number of methoxy groups -OCH3 is 1. The highest BCUT2D eigenvalue weighted by atomic mass is 19.3. The quantitative estimate of drug-likeness (QED) is 0.417. The Kier molecular flexibility index (Phi) is 10.7. The van der Waals surface area contributed by atoms with Crippen LogP contribution in [0, 0.1) is 22.7 Å². The lowest BCUT2D eigenvalue weighted by molar-refractivity contribution is -0.144. The molecule has 5 heterocycles. The van der Waals surface area contributed by atoms with Crippen molar-refractivity contribution in [1.82, 2.24) is 24.6 Å². The molecule has 0 unspecified atom stereocenters. The molecule has 4 aliphatic rings. The van der Waals surface area contributed by atoms with E-state index in [0.29, 0.717) is 57.1 Å². The van der Waals surface area contributed by atoms with E-state index in [1.165, 1.54) is 0 Å². The van der Waals surface area contributed by atoms with Gasteiger partial charge in [0, 0.05) is 96.7 Å². The van der Waals surface area contributed by atoms with Crippen LogP contribution in [0.4, 0.5) is 8.78 Å². The van der Waals surface area contributed by atoms with Crippen LogP contribution in [0.15, 0.2) is 18.3 Å². The molecule has 5 rings (SSSR count). The molecular formula is C32H46F2N6O4. The van der Waals surface area contributed by atoms with Crippen LogP contribution < -0.4 is 4.74 Å². The summed E-state index contributed by atoms with van der Waals surface area (Å²) in [5.74, 6) is -1.77. The zero-order chi connectivity index (χ0) is 31.2. The first kappa shape index (κ1) is 32.5. The number of carbonyl (C=O) groups is 2. The van der Waals surface area contributed by atoms with Gasteiger partial charge in [0.2, 0.25) is 17.7 Å². The SMILES string of the molecule is COc1ccc(CN(C(=O)CN2CCC(F)(F)CC2)C2CCN(C(=O)C3(C#N)CCN(CC4CCOCC4)CC3)CC2)cn1. The lowest BCUT2D eigenvalue weighted by atomic mass is 9.77. The van der Waals surface area contributed by atoms with Crippen molar-refractivity contribution in [2.45, 2.75) is 69.9 Å². The number of ether oxygens (including phenoxy) is 2. The first-order chi connectivity index (χ1) is 21.2. The molecule has 12 heteroatoms. The maximum absolute atomic E-state index is 13.8. The minimum absolute atomic E-state index is 0.0841. The molecule has 4 saturated heterocycles. The van der Waals surface area contributed by atoms with Gasteiger partial charge in [-0.05, 0) is 50.0 Å². The van der Waals surface area contributed by atoms with Crippen molar-refractivity contribution in [2.75, 3.05) is 72.7 Å². The maximum atomic E-state index is 13.8. The van der Waals surface area contributed by atoms with E-state index in [9.17, 15) is 23.6 Å². The summed E-state index contributed by atoms with van der Waals surface area (Å²) in [6.45, 7) is 5.85. The van der Waals surface area contributed by atoms with Crippen molar-refractivity contribution < 1.29 is 27.8 Å². The topological polar surface area (TPSA) is 102 Å². The van der Waals surface area contributed by atoms with Gasteiger partial charge in [-0.3, -0.25) is 14.5 Å². The van der Waals surface area contributed by atoms with Gasteiger partial charge in [0.05, 0.1) is 19.7 Å². The van der Waals surface area contributed by atoms with Crippen molar-refractivity contribution in [3.05, 3.63) is 23.9 Å². The fourth-order valence-corrected chi connectivity index (χ4v) is 7.03. The van der Waals surface area contributed by atoms with Gasteiger partial charge < -0.3 is 24.2 Å². The predicted octanol–water partition coefficient (Wildman–Crippen LogP) is 3.17. The fraction of sp³-hybridized carbons (Fsp3) is 0.750. The van der Waals surface area contributed by atoms with Crippen molar-refractivity contribution >= 4 is 11.8 Å². The zero-order valence-electron chi connectivity index (χ0n) is 25.9. The van der Waals surface area contributed by atoms with Crippen LogP contribution in [-0.4, -0.2) is 121 Å². The van der Waals surface area contributed by atoms with E-state index < -0.39 is 11.3 Å². The highest BCUT2D eigenvalue weighted by Gasteiger charge is 2.45. The van der Waals surface area contributed by atoms with Crippen molar-refractivity contribution in [1.29, 1.82) is 5.26 Å². The minimum atomic E-state index is -2.67. The molecule has 0 aromatic carbocycles. The average Bonchev–Trinajstić information content (AvgIpc) is 3.05. The van der Waals surface area contributed by atoms with Crippen molar-refractivity contribution in [3.63, 3.8) is 0 Å². The molecular weight excluding hydrogens is 570 g/mol. The van der Waals surface area contributed by atoms with Gasteiger partial charge in [-0.2, -0.15) is 5.26 Å². The maximum Gasteiger partial charge on any atom is 0.250 e. The van der Waals surface area contributed by atoms with Crippen LogP contribution in [0.2, 0.25) is 0 Å². The Morgan fingerprint density at radius 3 is 2.27 bits per heavy atom. The Morgan fingerprint density at radius 1 is 1.02 bits per heavy atom. The molecule has 0 radical (unpaired) electrons. The van der Waals surface area contributed by atoms with Gasteiger partial charge >= 0.3 is 0 Å². The zero-order valence-corrected chi connectivity index (χ0v) is 25.9. The number of carbonyl (C=O) groups excluding carboxylic acids is 2. The third-order valence-electron chi connectivity index (χ3n) is 10.0.